The molecule has 0 aliphatic heterocycles. The van der Waals surface area contributed by atoms with Crippen LogP contribution in [0.3, 0.4) is 0 Å². The SMILES string of the molecule is COc1ccc(SCC(=O)Nc2nnc(-c3ccccc3)s2)cc1. The molecular formula is C17H15N3O2S2. The van der Waals surface area contributed by atoms with Crippen molar-refractivity contribution in [2.75, 3.05) is 18.2 Å². The summed E-state index contributed by atoms with van der Waals surface area (Å²) in [6.45, 7) is 0. The number of nitrogens with zero attached hydrogens (tertiary/aromatic N) is 2. The summed E-state index contributed by atoms with van der Waals surface area (Å²) in [5, 5.41) is 12.2. The Morgan fingerprint density at radius 3 is 2.58 bits per heavy atom. The maximum atomic E-state index is 12.0. The minimum absolute atomic E-state index is 0.105. The fraction of sp³-hybridized carbons (Fsp3) is 0.118. The van der Waals surface area contributed by atoms with E-state index in [9.17, 15) is 4.79 Å². The van der Waals surface area contributed by atoms with Crippen LogP contribution in [0.4, 0.5) is 5.13 Å². The molecular weight excluding hydrogens is 342 g/mol. The highest BCUT2D eigenvalue weighted by Gasteiger charge is 2.10. The number of carbonyl (C=O) groups excluding carboxylic acids is 1. The number of anilines is 1. The number of aromatic nitrogens is 2. The van der Waals surface area contributed by atoms with E-state index in [1.165, 1.54) is 23.1 Å². The fourth-order valence-electron chi connectivity index (χ4n) is 1.95. The van der Waals surface area contributed by atoms with Gasteiger partial charge in [-0.05, 0) is 24.3 Å². The fourth-order valence-corrected chi connectivity index (χ4v) is 3.41. The minimum Gasteiger partial charge on any atom is -0.497 e. The van der Waals surface area contributed by atoms with E-state index in [2.05, 4.69) is 15.5 Å². The zero-order valence-electron chi connectivity index (χ0n) is 12.9. The largest absolute Gasteiger partial charge is 0.497 e. The van der Waals surface area contributed by atoms with Crippen molar-refractivity contribution in [2.45, 2.75) is 4.90 Å². The molecule has 1 amide bonds. The molecule has 0 aliphatic rings. The summed E-state index contributed by atoms with van der Waals surface area (Å²) in [7, 11) is 1.63. The van der Waals surface area contributed by atoms with Crippen LogP contribution < -0.4 is 10.1 Å². The molecule has 3 aromatic rings. The van der Waals surface area contributed by atoms with Gasteiger partial charge in [0.1, 0.15) is 10.8 Å². The summed E-state index contributed by atoms with van der Waals surface area (Å²) in [4.78, 5) is 13.0. The third-order valence-corrected chi connectivity index (χ3v) is 5.02. The second-order valence-corrected chi connectivity index (χ2v) is 6.82. The number of amides is 1. The number of hydrogen-bond acceptors (Lipinski definition) is 6. The van der Waals surface area contributed by atoms with Gasteiger partial charge >= 0.3 is 0 Å². The molecule has 0 spiro atoms. The summed E-state index contributed by atoms with van der Waals surface area (Å²) < 4.78 is 5.11. The van der Waals surface area contributed by atoms with Crippen molar-refractivity contribution in [1.29, 1.82) is 0 Å². The number of ether oxygens (including phenoxy) is 1. The molecule has 5 nitrogen and oxygen atoms in total. The molecule has 1 aromatic heterocycles. The number of hydrogen-bond donors (Lipinski definition) is 1. The second kappa shape index (κ2) is 7.94. The minimum atomic E-state index is -0.105. The van der Waals surface area contributed by atoms with Gasteiger partial charge in [0.25, 0.3) is 0 Å². The van der Waals surface area contributed by atoms with Gasteiger partial charge in [0.05, 0.1) is 12.9 Å². The molecule has 0 unspecified atom stereocenters. The van der Waals surface area contributed by atoms with E-state index in [1.807, 2.05) is 54.6 Å². The van der Waals surface area contributed by atoms with E-state index in [-0.39, 0.29) is 5.91 Å². The Bertz CT molecular complexity index is 804. The Morgan fingerprint density at radius 2 is 1.88 bits per heavy atom. The highest BCUT2D eigenvalue weighted by molar-refractivity contribution is 8.00. The van der Waals surface area contributed by atoms with E-state index in [4.69, 9.17) is 4.74 Å². The monoisotopic (exact) mass is 357 g/mol. The van der Waals surface area contributed by atoms with Gasteiger partial charge in [0.2, 0.25) is 11.0 Å². The molecule has 1 N–H and O–H groups in total. The van der Waals surface area contributed by atoms with Gasteiger partial charge in [-0.15, -0.1) is 22.0 Å². The molecule has 24 heavy (non-hydrogen) atoms. The Morgan fingerprint density at radius 1 is 1.12 bits per heavy atom. The maximum absolute atomic E-state index is 12.0. The molecule has 0 aliphatic carbocycles. The lowest BCUT2D eigenvalue weighted by Crippen LogP contribution is -2.13. The number of carbonyl (C=O) groups is 1. The third kappa shape index (κ3) is 4.33. The molecule has 0 radical (unpaired) electrons. The number of rotatable bonds is 6. The van der Waals surface area contributed by atoms with Crippen molar-refractivity contribution in [2.24, 2.45) is 0 Å². The Balaban J connectivity index is 1.54. The van der Waals surface area contributed by atoms with Crippen LogP contribution in [0.15, 0.2) is 59.5 Å². The van der Waals surface area contributed by atoms with E-state index < -0.39 is 0 Å². The van der Waals surface area contributed by atoms with Gasteiger partial charge in [-0.25, -0.2) is 0 Å². The molecule has 0 saturated carbocycles. The summed E-state index contributed by atoms with van der Waals surface area (Å²) in [5.41, 5.74) is 0.989. The summed E-state index contributed by atoms with van der Waals surface area (Å²) in [6, 6.07) is 17.4. The van der Waals surface area contributed by atoms with E-state index in [0.717, 1.165) is 21.2 Å². The first-order chi connectivity index (χ1) is 11.7. The number of nitrogens with one attached hydrogen (secondary N) is 1. The first-order valence-corrected chi connectivity index (χ1v) is 9.00. The van der Waals surface area contributed by atoms with E-state index in [0.29, 0.717) is 10.9 Å². The third-order valence-electron chi connectivity index (χ3n) is 3.12. The van der Waals surface area contributed by atoms with Crippen molar-refractivity contribution in [3.05, 3.63) is 54.6 Å². The van der Waals surface area contributed by atoms with Gasteiger partial charge in [0.15, 0.2) is 0 Å². The lowest BCUT2D eigenvalue weighted by molar-refractivity contribution is -0.113. The van der Waals surface area contributed by atoms with Gasteiger partial charge in [0, 0.05) is 10.5 Å². The Hall–Kier alpha value is -2.38. The van der Waals surface area contributed by atoms with Gasteiger partial charge < -0.3 is 4.74 Å². The van der Waals surface area contributed by atoms with Gasteiger partial charge in [-0.2, -0.15) is 0 Å². The molecule has 0 fully saturated rings. The van der Waals surface area contributed by atoms with E-state index >= 15 is 0 Å². The summed E-state index contributed by atoms with van der Waals surface area (Å²) >= 11 is 2.82. The number of methoxy groups -OCH3 is 1. The average Bonchev–Trinajstić information content (AvgIpc) is 3.09. The molecule has 7 heteroatoms. The predicted octanol–water partition coefficient (Wildman–Crippen LogP) is 3.94. The first kappa shape index (κ1) is 16.5. The quantitative estimate of drug-likeness (QED) is 0.677. The van der Waals surface area contributed by atoms with Crippen LogP contribution in [0, 0.1) is 0 Å². The van der Waals surface area contributed by atoms with Crippen molar-refractivity contribution in [3.8, 4) is 16.3 Å². The average molecular weight is 357 g/mol. The van der Waals surface area contributed by atoms with Crippen LogP contribution in [0.2, 0.25) is 0 Å². The van der Waals surface area contributed by atoms with Crippen LogP contribution in [0.25, 0.3) is 10.6 Å². The zero-order valence-corrected chi connectivity index (χ0v) is 14.6. The van der Waals surface area contributed by atoms with Crippen LogP contribution in [-0.2, 0) is 4.79 Å². The highest BCUT2D eigenvalue weighted by atomic mass is 32.2. The molecule has 0 bridgehead atoms. The van der Waals surface area contributed by atoms with Gasteiger partial charge in [-0.3, -0.25) is 10.1 Å². The molecule has 1 heterocycles. The molecule has 0 saturated heterocycles. The standard InChI is InChI=1S/C17H15N3O2S2/c1-22-13-7-9-14(10-8-13)23-11-15(21)18-17-20-19-16(24-17)12-5-3-2-4-6-12/h2-10H,11H2,1H3,(H,18,20,21). The van der Waals surface area contributed by atoms with Crippen LogP contribution in [0.1, 0.15) is 0 Å². The zero-order chi connectivity index (χ0) is 16.8. The summed E-state index contributed by atoms with van der Waals surface area (Å²) in [6.07, 6.45) is 0. The molecule has 2 aromatic carbocycles. The Labute approximate surface area is 148 Å². The second-order valence-electron chi connectivity index (χ2n) is 4.79. The predicted molar refractivity (Wildman–Crippen MR) is 97.7 cm³/mol. The van der Waals surface area contributed by atoms with Crippen LogP contribution in [-0.4, -0.2) is 29.0 Å². The lowest BCUT2D eigenvalue weighted by atomic mass is 10.2. The number of thioether (sulfide) groups is 1. The van der Waals surface area contributed by atoms with Crippen molar-refractivity contribution < 1.29 is 9.53 Å². The first-order valence-electron chi connectivity index (χ1n) is 7.20. The van der Waals surface area contributed by atoms with Crippen molar-refractivity contribution >= 4 is 34.1 Å². The Kier molecular flexibility index (Phi) is 5.45. The smallest absolute Gasteiger partial charge is 0.236 e. The van der Waals surface area contributed by atoms with Crippen LogP contribution >= 0.6 is 23.1 Å². The molecule has 3 rings (SSSR count). The molecule has 122 valence electrons. The van der Waals surface area contributed by atoms with Crippen molar-refractivity contribution in [3.63, 3.8) is 0 Å². The number of benzene rings is 2. The van der Waals surface area contributed by atoms with Crippen molar-refractivity contribution in [1.82, 2.24) is 10.2 Å². The highest BCUT2D eigenvalue weighted by Crippen LogP contribution is 2.26. The maximum Gasteiger partial charge on any atom is 0.236 e. The van der Waals surface area contributed by atoms with E-state index in [1.54, 1.807) is 7.11 Å². The summed E-state index contributed by atoms with van der Waals surface area (Å²) in [5.74, 6) is 1.00. The van der Waals surface area contributed by atoms with Gasteiger partial charge in [-0.1, -0.05) is 41.7 Å². The lowest BCUT2D eigenvalue weighted by Gasteiger charge is -2.03. The normalized spacial score (nSPS) is 10.4. The topological polar surface area (TPSA) is 64.1 Å². The van der Waals surface area contributed by atoms with Crippen LogP contribution in [0.5, 0.6) is 5.75 Å². The molecule has 0 atom stereocenters.